The molecule has 4 rings (SSSR count). The van der Waals surface area contributed by atoms with Gasteiger partial charge in [-0.1, -0.05) is 134 Å². The summed E-state index contributed by atoms with van der Waals surface area (Å²) in [5.41, 5.74) is 6.93. The molecule has 0 aliphatic heterocycles. The predicted octanol–water partition coefficient (Wildman–Crippen LogP) is 8.05. The van der Waals surface area contributed by atoms with Crippen LogP contribution in [0.3, 0.4) is 0 Å². The molecule has 256 valence electrons. The maximum absolute atomic E-state index is 10.8. The zero-order chi connectivity index (χ0) is 36.3. The Hall–Kier alpha value is -5.37. The maximum atomic E-state index is 10.8. The third-order valence-electron chi connectivity index (χ3n) is 7.30. The molecule has 0 spiro atoms. The minimum Gasteiger partial charge on any atom is -0.480 e. The Morgan fingerprint density at radius 3 is 1.38 bits per heavy atom. The first-order valence-corrected chi connectivity index (χ1v) is 16.6. The lowest BCUT2D eigenvalue weighted by molar-refractivity contribution is -0.138. The van der Waals surface area contributed by atoms with Gasteiger partial charge in [-0.3, -0.25) is 19.4 Å². The summed E-state index contributed by atoms with van der Waals surface area (Å²) in [4.78, 5) is 25.0. The van der Waals surface area contributed by atoms with E-state index in [9.17, 15) is 9.59 Å². The third kappa shape index (κ3) is 14.8. The van der Waals surface area contributed by atoms with E-state index in [-0.39, 0.29) is 13.1 Å². The molecule has 0 aliphatic rings. The number of hydrogen-bond acceptors (Lipinski definition) is 4. The zero-order valence-corrected chi connectivity index (χ0v) is 29.7. The summed E-state index contributed by atoms with van der Waals surface area (Å²) in [5, 5.41) is 18.4. The molecule has 4 aromatic carbocycles. The van der Waals surface area contributed by atoms with Gasteiger partial charge in [0.25, 0.3) is 0 Å². The number of halogens is 1. The van der Waals surface area contributed by atoms with Crippen LogP contribution in [-0.2, 0) is 9.59 Å². The van der Waals surface area contributed by atoms with Gasteiger partial charge in [-0.25, -0.2) is 0 Å². The van der Waals surface area contributed by atoms with Crippen LogP contribution in [-0.4, -0.2) is 72.2 Å². The fourth-order valence-electron chi connectivity index (χ4n) is 4.57. The lowest BCUT2D eigenvalue weighted by Gasteiger charge is -2.11. The molecule has 2 N–H and O–H groups in total. The Bertz CT molecular complexity index is 1860. The van der Waals surface area contributed by atoms with E-state index >= 15 is 0 Å². The second-order valence-corrected chi connectivity index (χ2v) is 12.4. The second-order valence-electron chi connectivity index (χ2n) is 11.9. The van der Waals surface area contributed by atoms with Gasteiger partial charge >= 0.3 is 11.9 Å². The Labute approximate surface area is 301 Å². The zero-order valence-electron chi connectivity index (χ0n) is 28.9. The van der Waals surface area contributed by atoms with Crippen LogP contribution in [0.5, 0.6) is 0 Å². The average molecular weight is 687 g/mol. The third-order valence-corrected chi connectivity index (χ3v) is 7.55. The minimum absolute atomic E-state index is 0.00264. The van der Waals surface area contributed by atoms with Crippen LogP contribution in [0, 0.1) is 23.7 Å². The van der Waals surface area contributed by atoms with E-state index in [0.29, 0.717) is 24.0 Å². The molecule has 4 aromatic rings. The molecule has 6 nitrogen and oxygen atoms in total. The van der Waals surface area contributed by atoms with Crippen LogP contribution in [0.2, 0.25) is 5.02 Å². The van der Waals surface area contributed by atoms with Crippen LogP contribution in [0.15, 0.2) is 121 Å². The molecule has 0 radical (unpaired) electrons. The van der Waals surface area contributed by atoms with E-state index in [1.54, 1.807) is 36.0 Å². The molecule has 0 saturated carbocycles. The lowest BCUT2D eigenvalue weighted by Crippen LogP contribution is -2.25. The van der Waals surface area contributed by atoms with Gasteiger partial charge in [0.2, 0.25) is 0 Å². The van der Waals surface area contributed by atoms with Crippen molar-refractivity contribution in [3.05, 3.63) is 154 Å². The van der Waals surface area contributed by atoms with Crippen molar-refractivity contribution in [2.75, 3.05) is 40.3 Å². The van der Waals surface area contributed by atoms with Crippen LogP contribution in [0.1, 0.15) is 47.6 Å². The number of carboxylic acid groups (broad SMARTS) is 2. The highest BCUT2D eigenvalue weighted by molar-refractivity contribution is 6.30. The van der Waals surface area contributed by atoms with Crippen molar-refractivity contribution in [1.82, 2.24) is 9.80 Å². The minimum atomic E-state index is -0.848. The quantitative estimate of drug-likeness (QED) is 0.156. The molecular weight excluding hydrogens is 644 g/mol. The Morgan fingerprint density at radius 2 is 1.02 bits per heavy atom. The largest absolute Gasteiger partial charge is 0.480 e. The smallest absolute Gasteiger partial charge is 0.317 e. The first kappa shape index (κ1) is 39.1. The first-order valence-electron chi connectivity index (χ1n) is 16.2. The van der Waals surface area contributed by atoms with Gasteiger partial charge in [-0.2, -0.15) is 0 Å². The second kappa shape index (κ2) is 20.9. The molecule has 0 unspecified atom stereocenters. The summed E-state index contributed by atoms with van der Waals surface area (Å²) < 4.78 is 0. The van der Waals surface area contributed by atoms with Crippen molar-refractivity contribution in [2.45, 2.75) is 19.8 Å². The van der Waals surface area contributed by atoms with Gasteiger partial charge in [0.15, 0.2) is 0 Å². The molecule has 7 heteroatoms. The summed E-state index contributed by atoms with van der Waals surface area (Å²) in [7, 11) is 3.55. The fraction of sp³-hybridized carbons (Fsp3) is 0.209. The van der Waals surface area contributed by atoms with Gasteiger partial charge < -0.3 is 10.2 Å². The van der Waals surface area contributed by atoms with Crippen molar-refractivity contribution in [3.8, 4) is 23.7 Å². The Kier molecular flexibility index (Phi) is 16.3. The van der Waals surface area contributed by atoms with E-state index < -0.39 is 11.9 Å². The molecule has 0 aliphatic carbocycles. The molecule has 0 aromatic heterocycles. The number of hydrogen-bond donors (Lipinski definition) is 2. The molecule has 0 bridgehead atoms. The SMILES string of the molecule is CC(C)c1ccc(C#CC(=CCN(C)CC(=O)O)c2ccccc2)cc1.CN(CC=C(C#Cc1ccc(Cl)cc1)c1ccccc1)CC(=O)O. The van der Waals surface area contributed by atoms with E-state index in [1.807, 2.05) is 97.1 Å². The van der Waals surface area contributed by atoms with Crippen molar-refractivity contribution >= 4 is 34.7 Å². The van der Waals surface area contributed by atoms with Gasteiger partial charge in [0, 0.05) is 40.4 Å². The number of nitrogens with zero attached hydrogens (tertiary/aromatic N) is 2. The highest BCUT2D eigenvalue weighted by Crippen LogP contribution is 2.17. The van der Waals surface area contributed by atoms with Gasteiger partial charge in [-0.15, -0.1) is 0 Å². The van der Waals surface area contributed by atoms with E-state index in [2.05, 4.69) is 49.7 Å². The van der Waals surface area contributed by atoms with Gasteiger partial charge in [0.05, 0.1) is 13.1 Å². The topological polar surface area (TPSA) is 81.1 Å². The number of allylic oxidation sites excluding steroid dienone is 2. The molecule has 0 fully saturated rings. The summed E-state index contributed by atoms with van der Waals surface area (Å²) in [6, 6.07) is 35.4. The summed E-state index contributed by atoms with van der Waals surface area (Å²) in [6.07, 6.45) is 3.93. The standard InChI is InChI=1S/C23H25NO2.C20H18ClNO2/c1-18(2)20-12-9-19(10-13-20)11-14-22(21-7-5-4-6-8-21)15-16-24(3)17-23(25)26;1-22(15-20(23)24)14-13-18(17-5-3-2-4-6-17)10-7-16-8-11-19(21)12-9-16/h4-10,12-13,15,18H,16-17H2,1-3H3,(H,25,26);2-6,8-9,11-13H,14-15H2,1H3,(H,23,24). The van der Waals surface area contributed by atoms with E-state index in [4.69, 9.17) is 21.8 Å². The van der Waals surface area contributed by atoms with Crippen LogP contribution < -0.4 is 0 Å². The fourth-order valence-corrected chi connectivity index (χ4v) is 4.69. The van der Waals surface area contributed by atoms with Crippen LogP contribution in [0.4, 0.5) is 0 Å². The Morgan fingerprint density at radius 1 is 0.640 bits per heavy atom. The van der Waals surface area contributed by atoms with Crippen molar-refractivity contribution in [1.29, 1.82) is 0 Å². The monoisotopic (exact) mass is 686 g/mol. The van der Waals surface area contributed by atoms with Crippen LogP contribution >= 0.6 is 11.6 Å². The maximum Gasteiger partial charge on any atom is 0.317 e. The van der Waals surface area contributed by atoms with Crippen molar-refractivity contribution in [3.63, 3.8) is 0 Å². The van der Waals surface area contributed by atoms with Crippen LogP contribution in [0.25, 0.3) is 11.1 Å². The summed E-state index contributed by atoms with van der Waals surface area (Å²) in [5.74, 6) is 11.6. The van der Waals surface area contributed by atoms with E-state index in [1.165, 1.54) is 5.56 Å². The van der Waals surface area contributed by atoms with Crippen molar-refractivity contribution < 1.29 is 19.8 Å². The highest BCUT2D eigenvalue weighted by atomic mass is 35.5. The number of likely N-dealkylation sites (N-methyl/N-ethyl adjacent to an activating group) is 2. The highest BCUT2D eigenvalue weighted by Gasteiger charge is 2.05. The Balaban J connectivity index is 0.000000271. The van der Waals surface area contributed by atoms with Gasteiger partial charge in [-0.05, 0) is 73.1 Å². The number of rotatable bonds is 11. The summed E-state index contributed by atoms with van der Waals surface area (Å²) >= 11 is 5.88. The average Bonchev–Trinajstić information content (AvgIpc) is 3.09. The molecule has 0 atom stereocenters. The number of carbonyl (C=O) groups is 2. The molecule has 50 heavy (non-hydrogen) atoms. The summed E-state index contributed by atoms with van der Waals surface area (Å²) in [6.45, 7) is 5.37. The van der Waals surface area contributed by atoms with Crippen molar-refractivity contribution in [2.24, 2.45) is 0 Å². The van der Waals surface area contributed by atoms with Gasteiger partial charge in [0.1, 0.15) is 0 Å². The molecular formula is C43H43ClN2O4. The molecule has 0 heterocycles. The first-order chi connectivity index (χ1) is 24.0. The lowest BCUT2D eigenvalue weighted by atomic mass is 10.0. The normalized spacial score (nSPS) is 11.2. The van der Waals surface area contributed by atoms with E-state index in [0.717, 1.165) is 33.4 Å². The molecule has 0 amide bonds. The predicted molar refractivity (Wildman–Crippen MR) is 205 cm³/mol. The molecule has 0 saturated heterocycles. The number of benzene rings is 4. The number of carboxylic acids is 2. The number of aliphatic carboxylic acids is 2.